The van der Waals surface area contributed by atoms with Crippen LogP contribution >= 0.6 is 0 Å². The van der Waals surface area contributed by atoms with Crippen LogP contribution in [0.1, 0.15) is 37.3 Å². The molecule has 0 atom stereocenters. The molecule has 0 saturated heterocycles. The summed E-state index contributed by atoms with van der Waals surface area (Å²) < 4.78 is 5.36. The van der Waals surface area contributed by atoms with E-state index >= 15 is 0 Å². The van der Waals surface area contributed by atoms with E-state index in [1.807, 2.05) is 6.07 Å². The molecule has 0 spiro atoms. The first-order valence-corrected chi connectivity index (χ1v) is 6.60. The van der Waals surface area contributed by atoms with Gasteiger partial charge in [0.05, 0.1) is 7.11 Å². The number of ether oxygens (including phenoxy) is 1. The van der Waals surface area contributed by atoms with E-state index in [0.717, 1.165) is 11.3 Å². The molecule has 1 rings (SSSR count). The van der Waals surface area contributed by atoms with Crippen LogP contribution in [-0.2, 0) is 11.3 Å². The van der Waals surface area contributed by atoms with Crippen LogP contribution in [0.2, 0.25) is 0 Å². The first-order valence-electron chi connectivity index (χ1n) is 6.60. The molecule has 4 heteroatoms. The van der Waals surface area contributed by atoms with Gasteiger partial charge in [-0.2, -0.15) is 0 Å². The van der Waals surface area contributed by atoms with Gasteiger partial charge in [0.2, 0.25) is 5.91 Å². The van der Waals surface area contributed by atoms with E-state index in [-0.39, 0.29) is 5.91 Å². The van der Waals surface area contributed by atoms with Crippen LogP contribution in [0.3, 0.4) is 0 Å². The number of carbonyl (C=O) groups is 1. The minimum atomic E-state index is 0.0551. The fraction of sp³-hybridized carbons (Fsp3) is 0.533. The van der Waals surface area contributed by atoms with Crippen LogP contribution in [0.4, 0.5) is 0 Å². The lowest BCUT2D eigenvalue weighted by Gasteiger charge is -2.20. The quantitative estimate of drug-likeness (QED) is 0.856. The summed E-state index contributed by atoms with van der Waals surface area (Å²) in [6, 6.07) is 6.14. The van der Waals surface area contributed by atoms with Crippen molar-refractivity contribution in [3.63, 3.8) is 0 Å². The molecule has 0 aromatic heterocycles. The second-order valence-electron chi connectivity index (χ2n) is 5.01. The second kappa shape index (κ2) is 7.14. The number of nitrogens with zero attached hydrogens (tertiary/aromatic N) is 1. The Morgan fingerprint density at radius 2 is 2.11 bits per heavy atom. The number of carbonyl (C=O) groups excluding carboxylic acids is 1. The highest BCUT2D eigenvalue weighted by Crippen LogP contribution is 2.25. The zero-order valence-corrected chi connectivity index (χ0v) is 12.3. The van der Waals surface area contributed by atoms with Crippen molar-refractivity contribution in [2.24, 2.45) is 5.73 Å². The number of benzene rings is 1. The van der Waals surface area contributed by atoms with Gasteiger partial charge in [-0.1, -0.05) is 26.0 Å². The Morgan fingerprint density at radius 3 is 2.63 bits per heavy atom. The molecule has 106 valence electrons. The zero-order chi connectivity index (χ0) is 14.4. The summed E-state index contributed by atoms with van der Waals surface area (Å²) in [4.78, 5) is 13.5. The van der Waals surface area contributed by atoms with Crippen molar-refractivity contribution in [2.75, 3.05) is 20.7 Å². The summed E-state index contributed by atoms with van der Waals surface area (Å²) in [6.07, 6.45) is 0.378. The van der Waals surface area contributed by atoms with E-state index in [9.17, 15) is 4.79 Å². The molecule has 19 heavy (non-hydrogen) atoms. The molecule has 0 aliphatic carbocycles. The standard InChI is InChI=1S/C15H24N2O2/c1-11(2)12-5-6-14(19-4)13(9-12)10-17(3)15(18)7-8-16/h5-6,9,11H,7-8,10,16H2,1-4H3. The Balaban J connectivity index is 2.91. The van der Waals surface area contributed by atoms with Gasteiger partial charge in [-0.15, -0.1) is 0 Å². The van der Waals surface area contributed by atoms with Crippen LogP contribution < -0.4 is 10.5 Å². The number of hydrogen-bond donors (Lipinski definition) is 1. The molecule has 4 nitrogen and oxygen atoms in total. The first kappa shape index (κ1) is 15.5. The summed E-state index contributed by atoms with van der Waals surface area (Å²) in [5.41, 5.74) is 7.68. The monoisotopic (exact) mass is 264 g/mol. The van der Waals surface area contributed by atoms with E-state index in [2.05, 4.69) is 26.0 Å². The molecule has 0 aliphatic rings. The highest BCUT2D eigenvalue weighted by Gasteiger charge is 2.12. The predicted molar refractivity (Wildman–Crippen MR) is 77.2 cm³/mol. The fourth-order valence-electron chi connectivity index (χ4n) is 1.94. The molecule has 0 fully saturated rings. The number of nitrogens with two attached hydrogens (primary N) is 1. The Bertz CT molecular complexity index is 430. The summed E-state index contributed by atoms with van der Waals surface area (Å²) in [6.45, 7) is 5.22. The Morgan fingerprint density at radius 1 is 1.42 bits per heavy atom. The van der Waals surface area contributed by atoms with Gasteiger partial charge in [0.15, 0.2) is 0 Å². The Hall–Kier alpha value is -1.55. The van der Waals surface area contributed by atoms with Crippen molar-refractivity contribution in [1.29, 1.82) is 0 Å². The van der Waals surface area contributed by atoms with Crippen LogP contribution in [-0.4, -0.2) is 31.5 Å². The third-order valence-electron chi connectivity index (χ3n) is 3.16. The maximum Gasteiger partial charge on any atom is 0.223 e. The van der Waals surface area contributed by atoms with Crippen molar-refractivity contribution in [2.45, 2.75) is 32.7 Å². The molecular formula is C15H24N2O2. The molecule has 1 amide bonds. The van der Waals surface area contributed by atoms with Gasteiger partial charge in [-0.05, 0) is 17.5 Å². The number of rotatable bonds is 6. The maximum atomic E-state index is 11.8. The predicted octanol–water partition coefficient (Wildman–Crippen LogP) is 2.13. The molecule has 0 unspecified atom stereocenters. The smallest absolute Gasteiger partial charge is 0.223 e. The lowest BCUT2D eigenvalue weighted by molar-refractivity contribution is -0.130. The topological polar surface area (TPSA) is 55.6 Å². The maximum absolute atomic E-state index is 11.8. The van der Waals surface area contributed by atoms with Crippen LogP contribution in [0.25, 0.3) is 0 Å². The normalized spacial score (nSPS) is 10.6. The van der Waals surface area contributed by atoms with Crippen molar-refractivity contribution in [3.05, 3.63) is 29.3 Å². The van der Waals surface area contributed by atoms with Gasteiger partial charge >= 0.3 is 0 Å². The van der Waals surface area contributed by atoms with Gasteiger partial charge in [0.25, 0.3) is 0 Å². The fourth-order valence-corrected chi connectivity index (χ4v) is 1.94. The van der Waals surface area contributed by atoms with Gasteiger partial charge in [-0.3, -0.25) is 4.79 Å². The van der Waals surface area contributed by atoms with Crippen molar-refractivity contribution < 1.29 is 9.53 Å². The van der Waals surface area contributed by atoms with Crippen molar-refractivity contribution in [1.82, 2.24) is 4.90 Å². The summed E-state index contributed by atoms with van der Waals surface area (Å²) >= 11 is 0. The van der Waals surface area contributed by atoms with Gasteiger partial charge in [-0.25, -0.2) is 0 Å². The average Bonchev–Trinajstić information content (AvgIpc) is 2.38. The Labute approximate surface area is 115 Å². The molecule has 0 bridgehead atoms. The van der Waals surface area contributed by atoms with E-state index in [4.69, 9.17) is 10.5 Å². The van der Waals surface area contributed by atoms with Gasteiger partial charge < -0.3 is 15.4 Å². The lowest BCUT2D eigenvalue weighted by atomic mass is 10.00. The highest BCUT2D eigenvalue weighted by molar-refractivity contribution is 5.76. The summed E-state index contributed by atoms with van der Waals surface area (Å²) in [7, 11) is 3.44. The summed E-state index contributed by atoms with van der Waals surface area (Å²) in [5.74, 6) is 1.33. The Kier molecular flexibility index (Phi) is 5.83. The molecule has 1 aromatic rings. The van der Waals surface area contributed by atoms with Crippen LogP contribution in [0.15, 0.2) is 18.2 Å². The van der Waals surface area contributed by atoms with E-state index < -0.39 is 0 Å². The number of methoxy groups -OCH3 is 1. The summed E-state index contributed by atoms with van der Waals surface area (Å²) in [5, 5.41) is 0. The van der Waals surface area contributed by atoms with Crippen LogP contribution in [0, 0.1) is 0 Å². The molecule has 2 N–H and O–H groups in total. The second-order valence-corrected chi connectivity index (χ2v) is 5.01. The van der Waals surface area contributed by atoms with E-state index in [0.29, 0.717) is 25.4 Å². The van der Waals surface area contributed by atoms with E-state index in [1.165, 1.54) is 5.56 Å². The minimum absolute atomic E-state index is 0.0551. The highest BCUT2D eigenvalue weighted by atomic mass is 16.5. The van der Waals surface area contributed by atoms with Crippen molar-refractivity contribution >= 4 is 5.91 Å². The molecule has 0 saturated carbocycles. The number of hydrogen-bond acceptors (Lipinski definition) is 3. The minimum Gasteiger partial charge on any atom is -0.496 e. The van der Waals surface area contributed by atoms with Crippen LogP contribution in [0.5, 0.6) is 5.75 Å². The third-order valence-corrected chi connectivity index (χ3v) is 3.16. The van der Waals surface area contributed by atoms with Crippen molar-refractivity contribution in [3.8, 4) is 5.75 Å². The van der Waals surface area contributed by atoms with Gasteiger partial charge in [0, 0.05) is 32.1 Å². The third kappa shape index (κ3) is 4.24. The molecule has 0 heterocycles. The molecule has 1 aromatic carbocycles. The molecule has 0 aliphatic heterocycles. The first-order chi connectivity index (χ1) is 8.99. The average molecular weight is 264 g/mol. The molecular weight excluding hydrogens is 240 g/mol. The lowest BCUT2D eigenvalue weighted by Crippen LogP contribution is -2.28. The SMILES string of the molecule is COc1ccc(C(C)C)cc1CN(C)C(=O)CCN. The molecule has 0 radical (unpaired) electrons. The zero-order valence-electron chi connectivity index (χ0n) is 12.3. The number of amides is 1. The van der Waals surface area contributed by atoms with Gasteiger partial charge in [0.1, 0.15) is 5.75 Å². The largest absolute Gasteiger partial charge is 0.496 e. The van der Waals surface area contributed by atoms with E-state index in [1.54, 1.807) is 19.1 Å².